The van der Waals surface area contributed by atoms with Gasteiger partial charge in [-0.05, 0) is 61.4 Å². The van der Waals surface area contributed by atoms with Crippen LogP contribution >= 0.6 is 0 Å². The molecule has 0 saturated heterocycles. The quantitative estimate of drug-likeness (QED) is 0.147. The van der Waals surface area contributed by atoms with Gasteiger partial charge in [0.25, 0.3) is 5.91 Å². The number of amides is 3. The summed E-state index contributed by atoms with van der Waals surface area (Å²) in [4.78, 5) is 54.2. The fraction of sp³-hybridized carbons (Fsp3) is 0.273. The number of phenolic OH excluding ortho intramolecular Hbond substituents is 1. The van der Waals surface area contributed by atoms with Gasteiger partial charge in [0.05, 0.1) is 28.9 Å². The first kappa shape index (κ1) is 28.9. The van der Waals surface area contributed by atoms with E-state index in [0.29, 0.717) is 11.3 Å². The Morgan fingerprint density at radius 1 is 0.909 bits per heavy atom. The third-order valence-corrected chi connectivity index (χ3v) is 9.23. The Kier molecular flexibility index (Phi) is 6.92. The van der Waals surface area contributed by atoms with Gasteiger partial charge < -0.3 is 31.7 Å². The lowest BCUT2D eigenvalue weighted by Gasteiger charge is -2.47. The number of Topliss-reactive ketones (excluding diaryl/α,β-unsaturated/α-hetero) is 2. The van der Waals surface area contributed by atoms with Gasteiger partial charge in [0.2, 0.25) is 0 Å². The summed E-state index contributed by atoms with van der Waals surface area (Å²) in [6.07, 6.45) is 0.245. The molecule has 3 aromatic rings. The van der Waals surface area contributed by atoms with Crippen LogP contribution in [0, 0.1) is 17.8 Å². The molecule has 0 heterocycles. The molecule has 226 valence electrons. The number of likely N-dealkylation sites (N-methyl/N-ethyl adjacent to an activating group) is 1. The predicted octanol–water partition coefficient (Wildman–Crippen LogP) is 4.21. The van der Waals surface area contributed by atoms with Crippen molar-refractivity contribution in [2.75, 3.05) is 24.7 Å². The third-order valence-electron chi connectivity index (χ3n) is 9.23. The summed E-state index contributed by atoms with van der Waals surface area (Å²) in [6.45, 7) is 1.85. The Hall–Kier alpha value is -5.16. The molecule has 0 spiro atoms. The number of allylic oxidation sites excluding steroid dienone is 1. The fourth-order valence-corrected chi connectivity index (χ4v) is 7.27. The van der Waals surface area contributed by atoms with Crippen molar-refractivity contribution >= 4 is 51.4 Å². The maximum atomic E-state index is 14.0. The fourth-order valence-electron chi connectivity index (χ4n) is 7.27. The van der Waals surface area contributed by atoms with E-state index in [1.54, 1.807) is 31.1 Å². The first-order valence-corrected chi connectivity index (χ1v) is 14.2. The van der Waals surface area contributed by atoms with Gasteiger partial charge in [-0.1, -0.05) is 49.4 Å². The minimum Gasteiger partial charge on any atom is -0.510 e. The molecule has 44 heavy (non-hydrogen) atoms. The summed E-state index contributed by atoms with van der Waals surface area (Å²) in [5, 5.41) is 40.9. The molecule has 0 aromatic heterocycles. The van der Waals surface area contributed by atoms with Crippen LogP contribution in [0.15, 0.2) is 71.5 Å². The number of nitrogens with two attached hydrogens (primary N) is 1. The van der Waals surface area contributed by atoms with Crippen LogP contribution in [0.4, 0.5) is 16.2 Å². The van der Waals surface area contributed by atoms with Crippen molar-refractivity contribution in [2.24, 2.45) is 23.5 Å². The van der Waals surface area contributed by atoms with E-state index < -0.39 is 70.1 Å². The second kappa shape index (κ2) is 10.5. The van der Waals surface area contributed by atoms with Crippen LogP contribution in [0.3, 0.4) is 0 Å². The molecule has 3 aliphatic carbocycles. The maximum Gasteiger partial charge on any atom is 0.323 e. The molecule has 0 bridgehead atoms. The largest absolute Gasteiger partial charge is 0.510 e. The number of hydrogen-bond donors (Lipinski definition) is 6. The summed E-state index contributed by atoms with van der Waals surface area (Å²) in [6, 6.07) is 14.8. The molecule has 11 heteroatoms. The highest BCUT2D eigenvalue weighted by Gasteiger charge is 2.56. The first-order chi connectivity index (χ1) is 20.9. The molecule has 3 amide bonds. The van der Waals surface area contributed by atoms with Crippen LogP contribution < -0.4 is 16.4 Å². The van der Waals surface area contributed by atoms with E-state index in [2.05, 4.69) is 10.6 Å². The average molecular weight is 597 g/mol. The first-order valence-electron chi connectivity index (χ1n) is 14.2. The van der Waals surface area contributed by atoms with Crippen LogP contribution in [-0.4, -0.2) is 63.9 Å². The molecule has 2 unspecified atom stereocenters. The number of anilines is 2. The molecular weight excluding hydrogens is 564 g/mol. The summed E-state index contributed by atoms with van der Waals surface area (Å²) < 4.78 is 0. The zero-order valence-electron chi connectivity index (χ0n) is 24.3. The van der Waals surface area contributed by atoms with Crippen LogP contribution in [-0.2, 0) is 14.4 Å². The van der Waals surface area contributed by atoms with Crippen molar-refractivity contribution < 1.29 is 34.5 Å². The highest BCUT2D eigenvalue weighted by molar-refractivity contribution is 6.28. The lowest BCUT2D eigenvalue weighted by molar-refractivity contribution is -0.137. The topological polar surface area (TPSA) is 182 Å². The lowest BCUT2D eigenvalue weighted by Crippen LogP contribution is -2.55. The van der Waals surface area contributed by atoms with E-state index >= 15 is 0 Å². The number of benzene rings is 3. The SMILES string of the molecule is C[C@H]1c2ccc(NC(=O)Nc3cccc4ccccc34)c(O)c2C(O)=C2C(=O)C3C(=O)C(C(N)=O)=C(O)[C@@H](N(C)C)C3C[C@@H]21. The number of nitrogens with one attached hydrogen (secondary N) is 2. The lowest BCUT2D eigenvalue weighted by atomic mass is 9.57. The van der Waals surface area contributed by atoms with Crippen molar-refractivity contribution in [2.45, 2.75) is 25.3 Å². The van der Waals surface area contributed by atoms with Crippen LogP contribution in [0.2, 0.25) is 0 Å². The number of carbonyl (C=O) groups excluding carboxylic acids is 4. The van der Waals surface area contributed by atoms with Crippen LogP contribution in [0.5, 0.6) is 5.75 Å². The highest BCUT2D eigenvalue weighted by Crippen LogP contribution is 2.55. The van der Waals surface area contributed by atoms with Crippen LogP contribution in [0.25, 0.3) is 16.5 Å². The number of rotatable bonds is 4. The van der Waals surface area contributed by atoms with Gasteiger partial charge >= 0.3 is 6.03 Å². The third kappa shape index (κ3) is 4.31. The zero-order valence-corrected chi connectivity index (χ0v) is 24.3. The van der Waals surface area contributed by atoms with Gasteiger partial charge in [-0.25, -0.2) is 4.79 Å². The van der Waals surface area contributed by atoms with E-state index in [0.717, 1.165) is 10.8 Å². The predicted molar refractivity (Wildman–Crippen MR) is 164 cm³/mol. The van der Waals surface area contributed by atoms with Crippen LogP contribution in [0.1, 0.15) is 30.4 Å². The zero-order chi connectivity index (χ0) is 31.6. The van der Waals surface area contributed by atoms with E-state index in [-0.39, 0.29) is 29.2 Å². The van der Waals surface area contributed by atoms with Gasteiger partial charge in [-0.2, -0.15) is 0 Å². The monoisotopic (exact) mass is 596 g/mol. The summed E-state index contributed by atoms with van der Waals surface area (Å²) in [5.74, 6) is -7.03. The van der Waals surface area contributed by atoms with Crippen molar-refractivity contribution in [1.29, 1.82) is 0 Å². The number of fused-ring (bicyclic) bond motifs is 4. The molecule has 11 nitrogen and oxygen atoms in total. The smallest absolute Gasteiger partial charge is 0.323 e. The normalized spacial score (nSPS) is 24.6. The van der Waals surface area contributed by atoms with E-state index in [1.165, 1.54) is 6.07 Å². The van der Waals surface area contributed by atoms with Gasteiger partial charge in [-0.3, -0.25) is 19.3 Å². The Bertz CT molecular complexity index is 1840. The molecular formula is C33H32N4O7. The number of aliphatic hydroxyl groups is 2. The van der Waals surface area contributed by atoms with Crippen molar-refractivity contribution in [1.82, 2.24) is 4.90 Å². The number of ketones is 2. The number of hydrogen-bond acceptors (Lipinski definition) is 8. The molecule has 0 radical (unpaired) electrons. The number of phenols is 1. The molecule has 0 aliphatic heterocycles. The molecule has 1 saturated carbocycles. The number of aliphatic hydroxyl groups excluding tert-OH is 2. The van der Waals surface area contributed by atoms with Crippen molar-refractivity contribution in [3.05, 3.63) is 82.6 Å². The molecule has 6 rings (SSSR count). The summed E-state index contributed by atoms with van der Waals surface area (Å²) in [7, 11) is 3.34. The molecule has 7 N–H and O–H groups in total. The standard InChI is InChI=1S/C33H32N4O7/c1-14-16-11-12-21(36-33(44)35-20-10-6-8-15-7-4-5-9-17(15)20)27(38)22(16)28(39)23-18(14)13-19-24(29(23)40)30(41)25(32(34)43)31(42)26(19)37(2)3/h4-12,14,18-19,24,26,38-39,42H,13H2,1-3H3,(H2,34,43)(H2,35,36,44)/t14-,18+,19?,24?,26-/m0/s1. The maximum absolute atomic E-state index is 14.0. The second-order valence-electron chi connectivity index (χ2n) is 11.8. The van der Waals surface area contributed by atoms with Crippen molar-refractivity contribution in [3.63, 3.8) is 0 Å². The highest BCUT2D eigenvalue weighted by atomic mass is 16.3. The van der Waals surface area contributed by atoms with Gasteiger partial charge in [-0.15, -0.1) is 0 Å². The van der Waals surface area contributed by atoms with Gasteiger partial charge in [0.1, 0.15) is 22.8 Å². The Labute approximate surface area is 252 Å². The van der Waals surface area contributed by atoms with E-state index in [9.17, 15) is 34.5 Å². The van der Waals surface area contributed by atoms with E-state index in [4.69, 9.17) is 5.73 Å². The molecule has 5 atom stereocenters. The molecule has 3 aliphatic rings. The minimum absolute atomic E-state index is 0.00528. The summed E-state index contributed by atoms with van der Waals surface area (Å²) >= 11 is 0. The van der Waals surface area contributed by atoms with E-state index in [1.807, 2.05) is 43.3 Å². The average Bonchev–Trinajstić information content (AvgIpc) is 2.96. The van der Waals surface area contributed by atoms with Crippen molar-refractivity contribution in [3.8, 4) is 5.75 Å². The Morgan fingerprint density at radius 3 is 2.30 bits per heavy atom. The number of urea groups is 1. The number of carbonyl (C=O) groups is 4. The number of primary amides is 1. The molecule has 3 aromatic carbocycles. The summed E-state index contributed by atoms with van der Waals surface area (Å²) in [5.41, 5.74) is 5.89. The Morgan fingerprint density at radius 2 is 1.59 bits per heavy atom. The van der Waals surface area contributed by atoms with Gasteiger partial charge in [0, 0.05) is 11.0 Å². The number of nitrogens with zero attached hydrogens (tertiary/aromatic N) is 1. The number of aromatic hydroxyl groups is 1. The van der Waals surface area contributed by atoms with Gasteiger partial charge in [0.15, 0.2) is 11.6 Å². The molecule has 1 fully saturated rings. The second-order valence-corrected chi connectivity index (χ2v) is 11.8. The Balaban J connectivity index is 1.36. The minimum atomic E-state index is -1.35.